The van der Waals surface area contributed by atoms with Gasteiger partial charge >= 0.3 is 6.09 Å². The number of carbonyl (C=O) groups excluding carboxylic acids is 1. The minimum Gasteiger partial charge on any atom is -0.493 e. The van der Waals surface area contributed by atoms with Gasteiger partial charge in [0.25, 0.3) is 0 Å². The van der Waals surface area contributed by atoms with E-state index in [0.717, 1.165) is 24.5 Å². The summed E-state index contributed by atoms with van der Waals surface area (Å²) in [5.74, 6) is 2.35. The molecule has 1 aliphatic carbocycles. The van der Waals surface area contributed by atoms with Gasteiger partial charge in [-0.25, -0.2) is 4.79 Å². The molecule has 120 valence electrons. The maximum atomic E-state index is 11.9. The van der Waals surface area contributed by atoms with Gasteiger partial charge in [0.2, 0.25) is 0 Å². The average molecular weight is 312 g/mol. The zero-order valence-corrected chi connectivity index (χ0v) is 13.4. The van der Waals surface area contributed by atoms with Gasteiger partial charge in [0.15, 0.2) is 0 Å². The topological polar surface area (TPSA) is 51.1 Å². The lowest BCUT2D eigenvalue weighted by atomic mass is 10.0. The Kier molecular flexibility index (Phi) is 3.36. The summed E-state index contributed by atoms with van der Waals surface area (Å²) in [5, 5.41) is 0. The van der Waals surface area contributed by atoms with Gasteiger partial charge in [0.05, 0.1) is 13.7 Å². The van der Waals surface area contributed by atoms with Crippen molar-refractivity contribution in [1.82, 2.24) is 0 Å². The molecule has 2 heterocycles. The molecule has 1 fully saturated rings. The summed E-state index contributed by atoms with van der Waals surface area (Å²) >= 11 is 0. The number of hydrogen-bond donors (Lipinski definition) is 0. The van der Waals surface area contributed by atoms with Crippen molar-refractivity contribution in [2.24, 2.45) is 16.8 Å². The number of carbonyl (C=O) groups is 1. The van der Waals surface area contributed by atoms with Crippen molar-refractivity contribution < 1.29 is 14.3 Å². The van der Waals surface area contributed by atoms with Crippen LogP contribution in [0.4, 0.5) is 10.5 Å². The minimum absolute atomic E-state index is 0.337. The molecule has 1 aromatic rings. The summed E-state index contributed by atoms with van der Waals surface area (Å²) in [5.41, 5.74) is 3.24. The fourth-order valence-corrected chi connectivity index (χ4v) is 3.82. The van der Waals surface area contributed by atoms with Crippen LogP contribution in [0.3, 0.4) is 0 Å². The molecule has 1 aromatic carbocycles. The van der Waals surface area contributed by atoms with Gasteiger partial charge in [0, 0.05) is 53.9 Å². The van der Waals surface area contributed by atoms with Gasteiger partial charge in [0.1, 0.15) is 5.75 Å². The van der Waals surface area contributed by atoms with E-state index in [1.54, 1.807) is 4.90 Å². The molecular formula is C18H20N2O3. The number of nitrogens with zero attached hydrogens (tertiary/aromatic N) is 2. The molecule has 23 heavy (non-hydrogen) atoms. The molecule has 0 bridgehead atoms. The second-order valence-electron chi connectivity index (χ2n) is 6.14. The Morgan fingerprint density at radius 3 is 3.00 bits per heavy atom. The average Bonchev–Trinajstić information content (AvgIpc) is 3.08. The smallest absolute Gasteiger partial charge is 0.413 e. The highest BCUT2D eigenvalue weighted by Gasteiger charge is 2.56. The molecule has 0 unspecified atom stereocenters. The van der Waals surface area contributed by atoms with Crippen molar-refractivity contribution in [3.05, 3.63) is 35.5 Å². The standard InChI is InChI=1S/C18H20N2O3/c1-3-20(18(21)22-2)11-6-7-15-12(9-11)16-13(10-23-15)17(16)14-5-4-8-19-14/h5-9,13,16-17H,3-4,10H2,1-2H3/t13-,16+,17-/m0/s1. The second-order valence-corrected chi connectivity index (χ2v) is 6.14. The third-order valence-corrected chi connectivity index (χ3v) is 4.99. The van der Waals surface area contributed by atoms with Crippen LogP contribution in [0.1, 0.15) is 24.8 Å². The predicted octanol–water partition coefficient (Wildman–Crippen LogP) is 3.36. The van der Waals surface area contributed by atoms with E-state index in [1.165, 1.54) is 18.4 Å². The summed E-state index contributed by atoms with van der Waals surface area (Å²) in [7, 11) is 1.41. The lowest BCUT2D eigenvalue weighted by molar-refractivity contribution is 0.179. The first-order chi connectivity index (χ1) is 11.2. The first kappa shape index (κ1) is 14.3. The zero-order valence-electron chi connectivity index (χ0n) is 13.4. The molecule has 0 saturated heterocycles. The van der Waals surface area contributed by atoms with E-state index in [4.69, 9.17) is 9.47 Å². The zero-order chi connectivity index (χ0) is 16.0. The Bertz CT molecular complexity index is 710. The third-order valence-electron chi connectivity index (χ3n) is 4.99. The molecule has 5 nitrogen and oxygen atoms in total. The van der Waals surface area contributed by atoms with Gasteiger partial charge in [-0.1, -0.05) is 6.08 Å². The monoisotopic (exact) mass is 312 g/mol. The van der Waals surface area contributed by atoms with Crippen LogP contribution < -0.4 is 9.64 Å². The van der Waals surface area contributed by atoms with Crippen molar-refractivity contribution in [3.8, 4) is 5.75 Å². The van der Waals surface area contributed by atoms with Crippen LogP contribution >= 0.6 is 0 Å². The van der Waals surface area contributed by atoms with E-state index in [1.807, 2.05) is 25.3 Å². The van der Waals surface area contributed by atoms with Crippen molar-refractivity contribution in [3.63, 3.8) is 0 Å². The molecule has 1 amide bonds. The van der Waals surface area contributed by atoms with Crippen molar-refractivity contribution in [2.45, 2.75) is 19.3 Å². The lowest BCUT2D eigenvalue weighted by Gasteiger charge is -2.22. The Hall–Kier alpha value is -2.30. The Morgan fingerprint density at radius 2 is 2.30 bits per heavy atom. The Balaban J connectivity index is 1.66. The number of fused-ring (bicyclic) bond motifs is 3. The summed E-state index contributed by atoms with van der Waals surface area (Å²) in [4.78, 5) is 18.1. The highest BCUT2D eigenvalue weighted by molar-refractivity contribution is 5.87. The number of ether oxygens (including phenoxy) is 2. The number of aliphatic imine (C=N–C) groups is 1. The summed E-state index contributed by atoms with van der Waals surface area (Å²) < 4.78 is 10.8. The van der Waals surface area contributed by atoms with Crippen molar-refractivity contribution in [2.75, 3.05) is 25.2 Å². The van der Waals surface area contributed by atoms with E-state index < -0.39 is 0 Å². The van der Waals surface area contributed by atoms with Crippen LogP contribution in [0.15, 0.2) is 35.0 Å². The number of methoxy groups -OCH3 is 1. The molecule has 0 spiro atoms. The number of hydrogen-bond acceptors (Lipinski definition) is 4. The van der Waals surface area contributed by atoms with Crippen LogP contribution in [0.2, 0.25) is 0 Å². The predicted molar refractivity (Wildman–Crippen MR) is 88.3 cm³/mol. The Morgan fingerprint density at radius 1 is 1.43 bits per heavy atom. The summed E-state index contributed by atoms with van der Waals surface area (Å²) in [6, 6.07) is 5.96. The fraction of sp³-hybridized carbons (Fsp3) is 0.444. The van der Waals surface area contributed by atoms with E-state index in [9.17, 15) is 4.79 Å². The maximum absolute atomic E-state index is 11.9. The SMILES string of the molecule is CCN(C(=O)OC)c1ccc2c(c1)[C@@H]1[C@H](CO2)[C@H]1C1=CCC=N1. The first-order valence-electron chi connectivity index (χ1n) is 8.09. The van der Waals surface area contributed by atoms with Gasteiger partial charge in [-0.3, -0.25) is 9.89 Å². The molecule has 0 N–H and O–H groups in total. The van der Waals surface area contributed by atoms with Crippen LogP contribution in [0.5, 0.6) is 5.75 Å². The molecule has 5 heteroatoms. The minimum atomic E-state index is -0.337. The van der Waals surface area contributed by atoms with Gasteiger partial charge in [-0.2, -0.15) is 0 Å². The van der Waals surface area contributed by atoms with Crippen molar-refractivity contribution in [1.29, 1.82) is 0 Å². The third kappa shape index (κ3) is 2.22. The number of amides is 1. The highest BCUT2D eigenvalue weighted by atomic mass is 16.5. The van der Waals surface area contributed by atoms with Crippen LogP contribution in [-0.4, -0.2) is 32.6 Å². The molecule has 3 aliphatic rings. The van der Waals surface area contributed by atoms with E-state index in [2.05, 4.69) is 17.1 Å². The quantitative estimate of drug-likeness (QED) is 0.860. The van der Waals surface area contributed by atoms with Crippen LogP contribution in [-0.2, 0) is 4.74 Å². The van der Waals surface area contributed by atoms with E-state index >= 15 is 0 Å². The number of rotatable bonds is 3. The molecule has 4 rings (SSSR count). The van der Waals surface area contributed by atoms with Gasteiger partial charge in [-0.15, -0.1) is 0 Å². The van der Waals surface area contributed by atoms with Crippen molar-refractivity contribution >= 4 is 18.0 Å². The molecule has 0 radical (unpaired) electrons. The highest BCUT2D eigenvalue weighted by Crippen LogP contribution is 2.62. The van der Waals surface area contributed by atoms with Gasteiger partial charge in [-0.05, 0) is 25.1 Å². The number of anilines is 1. The molecular weight excluding hydrogens is 292 g/mol. The number of allylic oxidation sites excluding steroid dienone is 2. The first-order valence-corrected chi connectivity index (χ1v) is 8.09. The van der Waals surface area contributed by atoms with E-state index in [-0.39, 0.29) is 6.09 Å². The van der Waals surface area contributed by atoms with E-state index in [0.29, 0.717) is 24.3 Å². The van der Waals surface area contributed by atoms with Gasteiger partial charge < -0.3 is 9.47 Å². The fourth-order valence-electron chi connectivity index (χ4n) is 3.82. The molecule has 1 saturated carbocycles. The molecule has 2 aliphatic heterocycles. The number of benzene rings is 1. The second kappa shape index (κ2) is 5.41. The Labute approximate surface area is 135 Å². The summed E-state index contributed by atoms with van der Waals surface area (Å²) in [6.07, 6.45) is 4.77. The lowest BCUT2D eigenvalue weighted by Crippen LogP contribution is -2.30. The van der Waals surface area contributed by atoms with Crippen LogP contribution in [0.25, 0.3) is 0 Å². The largest absolute Gasteiger partial charge is 0.493 e. The normalized spacial score (nSPS) is 26.7. The molecule has 0 aromatic heterocycles. The maximum Gasteiger partial charge on any atom is 0.413 e. The molecule has 3 atom stereocenters. The van der Waals surface area contributed by atoms with Crippen LogP contribution in [0, 0.1) is 11.8 Å². The summed E-state index contributed by atoms with van der Waals surface area (Å²) in [6.45, 7) is 3.26.